The highest BCUT2D eigenvalue weighted by Crippen LogP contribution is 2.50. The van der Waals surface area contributed by atoms with E-state index in [1.807, 2.05) is 6.92 Å². The molecule has 0 spiro atoms. The summed E-state index contributed by atoms with van der Waals surface area (Å²) in [6, 6.07) is 1.30. The summed E-state index contributed by atoms with van der Waals surface area (Å²) in [7, 11) is -3.66. The number of aromatic nitrogens is 1. The molecule has 0 aliphatic heterocycles. The third kappa shape index (κ3) is 2.59. The van der Waals surface area contributed by atoms with E-state index in [9.17, 15) is 13.5 Å². The molecule has 3 rings (SSSR count). The first-order valence-electron chi connectivity index (χ1n) is 7.06. The van der Waals surface area contributed by atoms with Crippen LogP contribution in [0.3, 0.4) is 0 Å². The highest BCUT2D eigenvalue weighted by Gasteiger charge is 2.52. The lowest BCUT2D eigenvalue weighted by molar-refractivity contribution is 0.000305. The molecule has 2 fully saturated rings. The van der Waals surface area contributed by atoms with Crippen molar-refractivity contribution in [3.63, 3.8) is 0 Å². The predicted octanol–water partition coefficient (Wildman–Crippen LogP) is 1.87. The van der Waals surface area contributed by atoms with Crippen molar-refractivity contribution in [1.82, 2.24) is 9.71 Å². The summed E-state index contributed by atoms with van der Waals surface area (Å²) in [5, 5.41) is 10.4. The number of aliphatic hydroxyl groups is 1. The Labute approximate surface area is 129 Å². The number of nitrogens with one attached hydrogen (secondary N) is 1. The van der Waals surface area contributed by atoms with Gasteiger partial charge in [0.2, 0.25) is 10.0 Å². The summed E-state index contributed by atoms with van der Waals surface area (Å²) in [6.07, 6.45) is 3.65. The molecule has 0 aromatic carbocycles. The predicted molar refractivity (Wildman–Crippen MR) is 79.5 cm³/mol. The molecule has 1 aromatic heterocycles. The van der Waals surface area contributed by atoms with E-state index in [1.54, 1.807) is 6.92 Å². The van der Waals surface area contributed by atoms with Gasteiger partial charge in [-0.05, 0) is 51.0 Å². The normalized spacial score (nSPS) is 35.3. The van der Waals surface area contributed by atoms with Gasteiger partial charge in [0.25, 0.3) is 0 Å². The van der Waals surface area contributed by atoms with Crippen molar-refractivity contribution in [3.8, 4) is 0 Å². The van der Waals surface area contributed by atoms with Gasteiger partial charge in [-0.3, -0.25) is 4.98 Å². The third-order valence-electron chi connectivity index (χ3n) is 4.87. The van der Waals surface area contributed by atoms with Gasteiger partial charge in [-0.15, -0.1) is 0 Å². The van der Waals surface area contributed by atoms with Gasteiger partial charge in [0.05, 0.1) is 16.3 Å². The lowest BCUT2D eigenvalue weighted by Crippen LogP contribution is -2.44. The maximum Gasteiger partial charge on any atom is 0.242 e. The fourth-order valence-corrected chi connectivity index (χ4v) is 5.55. The van der Waals surface area contributed by atoms with E-state index >= 15 is 0 Å². The second-order valence-electron chi connectivity index (χ2n) is 6.43. The van der Waals surface area contributed by atoms with Gasteiger partial charge in [-0.25, -0.2) is 13.1 Å². The number of nitrogens with zero attached hydrogens (tertiary/aromatic N) is 1. The molecule has 21 heavy (non-hydrogen) atoms. The molecule has 5 nitrogen and oxygen atoms in total. The van der Waals surface area contributed by atoms with Gasteiger partial charge >= 0.3 is 0 Å². The van der Waals surface area contributed by atoms with E-state index < -0.39 is 15.6 Å². The molecule has 0 radical (unpaired) electrons. The fourth-order valence-electron chi connectivity index (χ4n) is 3.70. The van der Waals surface area contributed by atoms with Gasteiger partial charge in [-0.2, -0.15) is 0 Å². The fraction of sp³-hybridized carbons (Fsp3) is 0.643. The van der Waals surface area contributed by atoms with Crippen LogP contribution in [-0.2, 0) is 10.0 Å². The molecular weight excluding hydrogens is 312 g/mol. The summed E-state index contributed by atoms with van der Waals surface area (Å²) in [5.74, 6) is 0.367. The van der Waals surface area contributed by atoms with Crippen LogP contribution in [0.15, 0.2) is 17.2 Å². The summed E-state index contributed by atoms with van der Waals surface area (Å²) in [4.78, 5) is 4.06. The lowest BCUT2D eigenvalue weighted by atomic mass is 9.84. The SMILES string of the molecule is Cc1nccc(S(=O)(=O)N[C@@H]2C[C@H]3C[C@@H]2C[C@]3(C)O)c1Cl. The largest absolute Gasteiger partial charge is 0.390 e. The van der Waals surface area contributed by atoms with Gasteiger partial charge in [0.15, 0.2) is 0 Å². The molecule has 2 aliphatic carbocycles. The van der Waals surface area contributed by atoms with Crippen LogP contribution in [-0.4, -0.2) is 30.2 Å². The third-order valence-corrected chi connectivity index (χ3v) is 7.00. The minimum atomic E-state index is -3.66. The topological polar surface area (TPSA) is 79.3 Å². The first kappa shape index (κ1) is 15.2. The van der Waals surface area contributed by atoms with Crippen LogP contribution in [0.25, 0.3) is 0 Å². The molecule has 116 valence electrons. The zero-order chi connectivity index (χ0) is 15.4. The van der Waals surface area contributed by atoms with Gasteiger partial charge in [0, 0.05) is 12.2 Å². The van der Waals surface area contributed by atoms with E-state index in [0.29, 0.717) is 18.5 Å². The molecule has 2 N–H and O–H groups in total. The maximum absolute atomic E-state index is 12.5. The number of hydrogen-bond acceptors (Lipinski definition) is 4. The minimum absolute atomic E-state index is 0.0752. The highest BCUT2D eigenvalue weighted by molar-refractivity contribution is 7.89. The number of hydrogen-bond donors (Lipinski definition) is 2. The van der Waals surface area contributed by atoms with E-state index in [-0.39, 0.29) is 27.8 Å². The van der Waals surface area contributed by atoms with Crippen molar-refractivity contribution in [3.05, 3.63) is 23.0 Å². The van der Waals surface area contributed by atoms with Crippen molar-refractivity contribution in [1.29, 1.82) is 0 Å². The Hall–Kier alpha value is -0.690. The molecule has 0 saturated heterocycles. The standard InChI is InChI=1S/C14H19ClN2O3S/c1-8-13(15)12(3-4-16-8)21(19,20)17-11-6-10-5-9(11)7-14(10,2)18/h3-4,9-11,17-18H,5-7H2,1-2H3/t9-,10-,11-,14+/m1/s1. The Morgan fingerprint density at radius 3 is 2.76 bits per heavy atom. The number of halogens is 1. The smallest absolute Gasteiger partial charge is 0.242 e. The Balaban J connectivity index is 1.81. The van der Waals surface area contributed by atoms with Gasteiger partial charge in [-0.1, -0.05) is 11.6 Å². The highest BCUT2D eigenvalue weighted by atomic mass is 35.5. The molecule has 1 heterocycles. The number of fused-ring (bicyclic) bond motifs is 2. The van der Waals surface area contributed by atoms with Crippen LogP contribution in [0, 0.1) is 18.8 Å². The molecule has 7 heteroatoms. The van der Waals surface area contributed by atoms with E-state index in [1.165, 1.54) is 12.3 Å². The number of pyridine rings is 1. The minimum Gasteiger partial charge on any atom is -0.390 e. The van der Waals surface area contributed by atoms with Crippen LogP contribution >= 0.6 is 11.6 Å². The molecule has 2 saturated carbocycles. The molecule has 2 aliphatic rings. The molecule has 2 bridgehead atoms. The second kappa shape index (κ2) is 4.91. The van der Waals surface area contributed by atoms with Crippen LogP contribution in [0.4, 0.5) is 0 Å². The van der Waals surface area contributed by atoms with Crippen molar-refractivity contribution in [2.24, 2.45) is 11.8 Å². The zero-order valence-corrected chi connectivity index (χ0v) is 13.6. The monoisotopic (exact) mass is 330 g/mol. The van der Waals surface area contributed by atoms with E-state index in [2.05, 4.69) is 9.71 Å². The van der Waals surface area contributed by atoms with Crippen molar-refractivity contribution in [2.75, 3.05) is 0 Å². The molecule has 0 unspecified atom stereocenters. The van der Waals surface area contributed by atoms with Gasteiger partial charge in [0.1, 0.15) is 4.90 Å². The maximum atomic E-state index is 12.5. The Bertz CT molecular complexity index is 675. The number of rotatable bonds is 3. The molecule has 4 atom stereocenters. The Morgan fingerprint density at radius 1 is 1.48 bits per heavy atom. The summed E-state index contributed by atoms with van der Waals surface area (Å²) in [5.41, 5.74) is -0.159. The average Bonchev–Trinajstić information content (AvgIpc) is 2.87. The molecular formula is C14H19ClN2O3S. The average molecular weight is 331 g/mol. The van der Waals surface area contributed by atoms with Crippen LogP contribution in [0.5, 0.6) is 0 Å². The van der Waals surface area contributed by atoms with E-state index in [4.69, 9.17) is 11.6 Å². The van der Waals surface area contributed by atoms with E-state index in [0.717, 1.165) is 6.42 Å². The van der Waals surface area contributed by atoms with Crippen molar-refractivity contribution < 1.29 is 13.5 Å². The Kier molecular flexibility index (Phi) is 3.56. The van der Waals surface area contributed by atoms with Gasteiger partial charge < -0.3 is 5.11 Å². The van der Waals surface area contributed by atoms with Crippen LogP contribution < -0.4 is 4.72 Å². The summed E-state index contributed by atoms with van der Waals surface area (Å²) in [6.45, 7) is 3.52. The van der Waals surface area contributed by atoms with Crippen molar-refractivity contribution in [2.45, 2.75) is 49.6 Å². The first-order chi connectivity index (χ1) is 9.71. The Morgan fingerprint density at radius 2 is 2.19 bits per heavy atom. The first-order valence-corrected chi connectivity index (χ1v) is 8.92. The number of aryl methyl sites for hydroxylation is 1. The molecule has 0 amide bonds. The molecule has 1 aromatic rings. The summed E-state index contributed by atoms with van der Waals surface area (Å²) >= 11 is 6.07. The lowest BCUT2D eigenvalue weighted by Gasteiger charge is -2.32. The summed E-state index contributed by atoms with van der Waals surface area (Å²) < 4.78 is 27.8. The second-order valence-corrected chi connectivity index (χ2v) is 8.49. The quantitative estimate of drug-likeness (QED) is 0.886. The number of sulfonamides is 1. The van der Waals surface area contributed by atoms with Crippen LogP contribution in [0.2, 0.25) is 5.02 Å². The van der Waals surface area contributed by atoms with Crippen molar-refractivity contribution >= 4 is 21.6 Å². The zero-order valence-electron chi connectivity index (χ0n) is 12.0. The van der Waals surface area contributed by atoms with Crippen LogP contribution in [0.1, 0.15) is 31.9 Å².